The first-order valence-electron chi connectivity index (χ1n) is 11.7. The van der Waals surface area contributed by atoms with Gasteiger partial charge in [0.2, 0.25) is 0 Å². The number of nitrogens with one attached hydrogen (secondary N) is 2. The summed E-state index contributed by atoms with van der Waals surface area (Å²) in [5.41, 5.74) is -2.41. The van der Waals surface area contributed by atoms with Gasteiger partial charge in [-0.1, -0.05) is 57.2 Å². The molecule has 0 aromatic heterocycles. The number of hydrogen-bond acceptors (Lipinski definition) is 4. The molecule has 0 saturated carbocycles. The SMILES string of the molecule is CC(C)(C)[Si](C)(C)OCC(F)(F)[C@@H](O)[C@H](F)[C@](C)(NC(=S)NC(=O)c1ccccc1)c1ccccc1F. The lowest BCUT2D eigenvalue weighted by molar-refractivity contribution is -0.167. The van der Waals surface area contributed by atoms with E-state index in [1.807, 2.05) is 20.8 Å². The molecule has 0 heterocycles. The van der Waals surface area contributed by atoms with E-state index in [2.05, 4.69) is 10.6 Å². The minimum absolute atomic E-state index is 0.241. The number of benzene rings is 2. The van der Waals surface area contributed by atoms with Crippen LogP contribution in [0.5, 0.6) is 0 Å². The average Bonchev–Trinajstić information content (AvgIpc) is 2.81. The standard InChI is InChI=1S/C26H34F4N2O3SSi/c1-24(2,3)37(5,6)35-16-26(29,30)21(33)20(28)25(4,18-14-10-11-15-19(18)27)32-23(36)31-22(34)17-12-8-7-9-13-17/h7-15,20-21,33H,16H2,1-6H3,(H2,31,32,34,36)/t20-,21-,25+/m0/s1. The Balaban J connectivity index is 2.34. The summed E-state index contributed by atoms with van der Waals surface area (Å²) in [5.74, 6) is -5.57. The summed E-state index contributed by atoms with van der Waals surface area (Å²) in [6.45, 7) is 8.95. The Bertz CT molecular complexity index is 1100. The smallest absolute Gasteiger partial charge is 0.297 e. The van der Waals surface area contributed by atoms with Crippen molar-refractivity contribution in [1.82, 2.24) is 10.6 Å². The maximum Gasteiger partial charge on any atom is 0.297 e. The third kappa shape index (κ3) is 7.37. The summed E-state index contributed by atoms with van der Waals surface area (Å²) < 4.78 is 66.4. The van der Waals surface area contributed by atoms with Gasteiger partial charge in [0.25, 0.3) is 11.8 Å². The Labute approximate surface area is 221 Å². The summed E-state index contributed by atoms with van der Waals surface area (Å²) in [6.07, 6.45) is -5.66. The van der Waals surface area contributed by atoms with Gasteiger partial charge in [-0.15, -0.1) is 0 Å². The molecule has 0 aliphatic carbocycles. The normalized spacial score (nSPS) is 15.9. The molecular weight excluding hydrogens is 524 g/mol. The molecule has 2 aromatic carbocycles. The number of carbonyl (C=O) groups excluding carboxylic acids is 1. The van der Waals surface area contributed by atoms with Gasteiger partial charge in [-0.3, -0.25) is 10.1 Å². The second kappa shape index (κ2) is 11.6. The lowest BCUT2D eigenvalue weighted by atomic mass is 9.82. The lowest BCUT2D eigenvalue weighted by Crippen LogP contribution is -2.61. The molecule has 0 aliphatic heterocycles. The van der Waals surface area contributed by atoms with Crippen molar-refractivity contribution < 1.29 is 31.9 Å². The monoisotopic (exact) mass is 558 g/mol. The maximum atomic E-state index is 15.9. The fraction of sp³-hybridized carbons (Fsp3) is 0.462. The minimum atomic E-state index is -4.02. The molecule has 0 aliphatic rings. The third-order valence-electron chi connectivity index (χ3n) is 6.76. The number of aliphatic hydroxyl groups is 1. The van der Waals surface area contributed by atoms with Gasteiger partial charge in [0.05, 0.1) is 5.54 Å². The molecule has 0 fully saturated rings. The summed E-state index contributed by atoms with van der Waals surface area (Å²) in [4.78, 5) is 12.5. The number of hydrogen-bond donors (Lipinski definition) is 3. The number of alkyl halides is 3. The van der Waals surface area contributed by atoms with Crippen LogP contribution in [0.3, 0.4) is 0 Å². The highest BCUT2D eigenvalue weighted by molar-refractivity contribution is 7.80. The molecule has 37 heavy (non-hydrogen) atoms. The van der Waals surface area contributed by atoms with Crippen molar-refractivity contribution in [2.24, 2.45) is 0 Å². The Morgan fingerprint density at radius 2 is 1.59 bits per heavy atom. The van der Waals surface area contributed by atoms with Crippen LogP contribution in [-0.4, -0.2) is 49.2 Å². The van der Waals surface area contributed by atoms with E-state index in [1.54, 1.807) is 31.3 Å². The van der Waals surface area contributed by atoms with E-state index in [9.17, 15) is 14.3 Å². The zero-order valence-corrected chi connectivity index (χ0v) is 23.6. The van der Waals surface area contributed by atoms with Crippen LogP contribution in [0.25, 0.3) is 0 Å². The summed E-state index contributed by atoms with van der Waals surface area (Å²) in [5, 5.41) is 14.5. The first kappa shape index (κ1) is 30.9. The lowest BCUT2D eigenvalue weighted by Gasteiger charge is -2.41. The summed E-state index contributed by atoms with van der Waals surface area (Å²) >= 11 is 5.14. The zero-order chi connectivity index (χ0) is 28.2. The molecule has 3 atom stereocenters. The maximum absolute atomic E-state index is 15.9. The first-order valence-corrected chi connectivity index (χ1v) is 15.0. The van der Waals surface area contributed by atoms with E-state index in [1.165, 1.54) is 30.3 Å². The second-order valence-electron chi connectivity index (χ2n) is 10.6. The van der Waals surface area contributed by atoms with Gasteiger partial charge in [-0.25, -0.2) is 17.6 Å². The molecule has 11 heteroatoms. The van der Waals surface area contributed by atoms with Crippen molar-refractivity contribution >= 4 is 31.6 Å². The van der Waals surface area contributed by atoms with Gasteiger partial charge >= 0.3 is 0 Å². The second-order valence-corrected chi connectivity index (χ2v) is 15.8. The topological polar surface area (TPSA) is 70.6 Å². The van der Waals surface area contributed by atoms with E-state index >= 15 is 13.2 Å². The quantitative estimate of drug-likeness (QED) is 0.209. The molecule has 2 aromatic rings. The molecule has 2 rings (SSSR count). The van der Waals surface area contributed by atoms with Gasteiger partial charge in [0.1, 0.15) is 12.4 Å². The predicted molar refractivity (Wildman–Crippen MR) is 142 cm³/mol. The third-order valence-corrected chi connectivity index (χ3v) is 11.4. The van der Waals surface area contributed by atoms with Crippen molar-refractivity contribution in [3.8, 4) is 0 Å². The van der Waals surface area contributed by atoms with E-state index in [4.69, 9.17) is 16.6 Å². The van der Waals surface area contributed by atoms with Crippen molar-refractivity contribution in [1.29, 1.82) is 0 Å². The van der Waals surface area contributed by atoms with E-state index < -0.39 is 60.5 Å². The zero-order valence-electron chi connectivity index (χ0n) is 21.7. The van der Waals surface area contributed by atoms with Crippen LogP contribution in [0.1, 0.15) is 43.6 Å². The van der Waals surface area contributed by atoms with Gasteiger partial charge in [0.15, 0.2) is 25.7 Å². The predicted octanol–water partition coefficient (Wildman–Crippen LogP) is 5.70. The molecule has 0 unspecified atom stereocenters. The summed E-state index contributed by atoms with van der Waals surface area (Å²) in [7, 11) is -2.65. The Kier molecular flexibility index (Phi) is 9.67. The van der Waals surface area contributed by atoms with Crippen LogP contribution >= 0.6 is 12.2 Å². The van der Waals surface area contributed by atoms with E-state index in [-0.39, 0.29) is 11.1 Å². The van der Waals surface area contributed by atoms with Crippen molar-refractivity contribution in [2.75, 3.05) is 6.61 Å². The number of carbonyl (C=O) groups is 1. The molecule has 0 bridgehead atoms. The molecule has 0 spiro atoms. The number of rotatable bonds is 9. The van der Waals surface area contributed by atoms with Crippen molar-refractivity contribution in [3.05, 3.63) is 71.5 Å². The fourth-order valence-electron chi connectivity index (χ4n) is 3.31. The van der Waals surface area contributed by atoms with E-state index in [0.29, 0.717) is 0 Å². The number of thiocarbonyl (C=S) groups is 1. The van der Waals surface area contributed by atoms with Crippen molar-refractivity contribution in [3.63, 3.8) is 0 Å². The largest absolute Gasteiger partial charge is 0.411 e. The Hall–Kier alpha value is -2.34. The van der Waals surface area contributed by atoms with Crippen LogP contribution in [0.4, 0.5) is 17.6 Å². The average molecular weight is 559 g/mol. The molecule has 1 amide bonds. The van der Waals surface area contributed by atoms with Crippen LogP contribution in [0, 0.1) is 5.82 Å². The molecule has 5 nitrogen and oxygen atoms in total. The number of halogens is 4. The van der Waals surface area contributed by atoms with Crippen LogP contribution in [0.2, 0.25) is 18.1 Å². The highest BCUT2D eigenvalue weighted by Gasteiger charge is 2.54. The number of amides is 1. The van der Waals surface area contributed by atoms with Gasteiger partial charge < -0.3 is 14.8 Å². The molecule has 3 N–H and O–H groups in total. The number of aliphatic hydroxyl groups excluding tert-OH is 1. The molecular formula is C26H34F4N2O3SSi. The van der Waals surface area contributed by atoms with Gasteiger partial charge in [-0.05, 0) is 55.5 Å². The highest BCUT2D eigenvalue weighted by Crippen LogP contribution is 2.40. The minimum Gasteiger partial charge on any atom is -0.411 e. The molecule has 0 radical (unpaired) electrons. The summed E-state index contributed by atoms with van der Waals surface area (Å²) in [6, 6.07) is 12.9. The molecule has 0 saturated heterocycles. The fourth-order valence-corrected chi connectivity index (χ4v) is 4.60. The Morgan fingerprint density at radius 1 is 1.05 bits per heavy atom. The van der Waals surface area contributed by atoms with Crippen LogP contribution < -0.4 is 10.6 Å². The van der Waals surface area contributed by atoms with Crippen LogP contribution in [0.15, 0.2) is 54.6 Å². The Morgan fingerprint density at radius 3 is 2.14 bits per heavy atom. The van der Waals surface area contributed by atoms with Crippen LogP contribution in [-0.2, 0) is 9.96 Å². The van der Waals surface area contributed by atoms with Crippen molar-refractivity contribution in [2.45, 2.75) is 69.6 Å². The van der Waals surface area contributed by atoms with Gasteiger partial charge in [-0.2, -0.15) is 0 Å². The van der Waals surface area contributed by atoms with E-state index in [0.717, 1.165) is 13.0 Å². The first-order chi connectivity index (χ1) is 16.9. The highest BCUT2D eigenvalue weighted by atomic mass is 32.1. The van der Waals surface area contributed by atoms with Gasteiger partial charge in [0, 0.05) is 11.1 Å². The molecule has 204 valence electrons.